The molecule has 0 radical (unpaired) electrons. The van der Waals surface area contributed by atoms with Crippen molar-refractivity contribution < 1.29 is 0 Å². The summed E-state index contributed by atoms with van der Waals surface area (Å²) in [6, 6.07) is 0. The highest BCUT2D eigenvalue weighted by molar-refractivity contribution is 5.05. The third-order valence-corrected chi connectivity index (χ3v) is 0.383. The largest absolute Gasteiger partial charge is 0.331 e. The molecule has 52 valence electrons. The molecule has 0 aliphatic heterocycles. The van der Waals surface area contributed by atoms with Gasteiger partial charge in [0, 0.05) is 0 Å². The molecule has 0 amide bonds. The Morgan fingerprint density at radius 3 is 1.56 bits per heavy atom. The van der Waals surface area contributed by atoms with E-state index in [1.165, 1.54) is 0 Å². The van der Waals surface area contributed by atoms with Crippen LogP contribution < -0.4 is 5.73 Å². The lowest BCUT2D eigenvalue weighted by atomic mass is 10.5. The topological polar surface area (TPSA) is 26.0 Å². The monoisotopic (exact) mass is 125 g/mol. The molecular weight excluding hydrogens is 110 g/mol. The fourth-order valence-electron chi connectivity index (χ4n) is 0.157. The van der Waals surface area contributed by atoms with E-state index in [1.54, 1.807) is 12.2 Å². The Bertz CT molecular complexity index is 72.6. The number of hydrogen-bond donors (Lipinski definition) is 1. The molecule has 1 nitrogen and oxygen atoms in total. The maximum atomic E-state index is 4.85. The predicted molar refractivity (Wildman–Crippen MR) is 44.3 cm³/mol. The van der Waals surface area contributed by atoms with Crippen LogP contribution in [0, 0.1) is 0 Å². The van der Waals surface area contributed by atoms with E-state index in [1.807, 2.05) is 19.1 Å². The SMILES string of the molecule is C=C/C=C\C=C.CCN. The molecule has 0 saturated heterocycles. The van der Waals surface area contributed by atoms with Gasteiger partial charge in [-0.15, -0.1) is 0 Å². The molecule has 0 rings (SSSR count). The summed E-state index contributed by atoms with van der Waals surface area (Å²) in [5.74, 6) is 0. The van der Waals surface area contributed by atoms with Crippen LogP contribution in [-0.2, 0) is 0 Å². The van der Waals surface area contributed by atoms with E-state index in [-0.39, 0.29) is 0 Å². The zero-order valence-electron chi connectivity index (χ0n) is 6.01. The van der Waals surface area contributed by atoms with Crippen molar-refractivity contribution in [2.45, 2.75) is 6.92 Å². The zero-order valence-corrected chi connectivity index (χ0v) is 6.01. The molecule has 0 fully saturated rings. The van der Waals surface area contributed by atoms with Crippen molar-refractivity contribution >= 4 is 0 Å². The number of nitrogens with two attached hydrogens (primary N) is 1. The first-order valence-electron chi connectivity index (χ1n) is 2.93. The second kappa shape index (κ2) is 15.7. The minimum atomic E-state index is 0.750. The van der Waals surface area contributed by atoms with E-state index in [4.69, 9.17) is 5.73 Å². The Balaban J connectivity index is 0. The summed E-state index contributed by atoms with van der Waals surface area (Å²) >= 11 is 0. The van der Waals surface area contributed by atoms with Gasteiger partial charge in [-0.3, -0.25) is 0 Å². The standard InChI is InChI=1S/C6H8.C2H7N/c1-3-5-6-4-2;1-2-3/h3-6H,1-2H2;2-3H2,1H3/b6-5-;. The first-order valence-corrected chi connectivity index (χ1v) is 2.93. The summed E-state index contributed by atoms with van der Waals surface area (Å²) in [6.45, 7) is 9.58. The van der Waals surface area contributed by atoms with Crippen LogP contribution >= 0.6 is 0 Å². The Morgan fingerprint density at radius 2 is 1.44 bits per heavy atom. The van der Waals surface area contributed by atoms with E-state index in [0.29, 0.717) is 0 Å². The third-order valence-electron chi connectivity index (χ3n) is 0.383. The van der Waals surface area contributed by atoms with Gasteiger partial charge in [-0.05, 0) is 6.54 Å². The van der Waals surface area contributed by atoms with Crippen molar-refractivity contribution in [3.8, 4) is 0 Å². The van der Waals surface area contributed by atoms with Gasteiger partial charge in [-0.1, -0.05) is 44.4 Å². The van der Waals surface area contributed by atoms with Gasteiger partial charge in [-0.2, -0.15) is 0 Å². The van der Waals surface area contributed by atoms with Crippen molar-refractivity contribution in [3.05, 3.63) is 37.5 Å². The molecule has 1 heteroatoms. The highest BCUT2D eigenvalue weighted by atomic mass is 14.5. The molecule has 0 unspecified atom stereocenters. The lowest BCUT2D eigenvalue weighted by Gasteiger charge is -1.60. The number of allylic oxidation sites excluding steroid dienone is 4. The molecule has 0 spiro atoms. The number of rotatable bonds is 2. The zero-order chi connectivity index (χ0) is 7.54. The predicted octanol–water partition coefficient (Wildman–Crippen LogP) is 1.88. The number of hydrogen-bond acceptors (Lipinski definition) is 1. The summed E-state index contributed by atoms with van der Waals surface area (Å²) in [4.78, 5) is 0. The molecule has 0 saturated carbocycles. The first kappa shape index (κ1) is 11.0. The fourth-order valence-corrected chi connectivity index (χ4v) is 0.157. The minimum Gasteiger partial charge on any atom is -0.331 e. The van der Waals surface area contributed by atoms with E-state index < -0.39 is 0 Å². The van der Waals surface area contributed by atoms with Crippen LogP contribution in [0.25, 0.3) is 0 Å². The second-order valence-corrected chi connectivity index (χ2v) is 1.26. The van der Waals surface area contributed by atoms with Crippen molar-refractivity contribution in [3.63, 3.8) is 0 Å². The third kappa shape index (κ3) is 40.5. The van der Waals surface area contributed by atoms with Gasteiger partial charge in [0.05, 0.1) is 0 Å². The molecular formula is C8H15N. The van der Waals surface area contributed by atoms with Crippen LogP contribution in [0.1, 0.15) is 6.92 Å². The summed E-state index contributed by atoms with van der Waals surface area (Å²) in [5.41, 5.74) is 4.85. The molecule has 0 bridgehead atoms. The average molecular weight is 125 g/mol. The second-order valence-electron chi connectivity index (χ2n) is 1.26. The maximum Gasteiger partial charge on any atom is -0.0106 e. The van der Waals surface area contributed by atoms with E-state index in [2.05, 4.69) is 13.2 Å². The van der Waals surface area contributed by atoms with Crippen molar-refractivity contribution in [1.29, 1.82) is 0 Å². The fraction of sp³-hybridized carbons (Fsp3) is 0.250. The molecule has 0 atom stereocenters. The average Bonchev–Trinajstić information content (AvgIpc) is 1.86. The lowest BCUT2D eigenvalue weighted by Crippen LogP contribution is -1.87. The molecule has 2 N–H and O–H groups in total. The molecule has 0 aliphatic carbocycles. The summed E-state index contributed by atoms with van der Waals surface area (Å²) in [7, 11) is 0. The van der Waals surface area contributed by atoms with Gasteiger partial charge in [0.1, 0.15) is 0 Å². The van der Waals surface area contributed by atoms with E-state index in [0.717, 1.165) is 6.54 Å². The Kier molecular flexibility index (Phi) is 19.3. The normalized spacial score (nSPS) is 7.78. The molecule has 9 heavy (non-hydrogen) atoms. The van der Waals surface area contributed by atoms with Crippen LogP contribution in [-0.4, -0.2) is 6.54 Å². The Morgan fingerprint density at radius 1 is 1.22 bits per heavy atom. The molecule has 0 heterocycles. The van der Waals surface area contributed by atoms with Gasteiger partial charge < -0.3 is 5.73 Å². The van der Waals surface area contributed by atoms with Crippen LogP contribution in [0.15, 0.2) is 37.5 Å². The van der Waals surface area contributed by atoms with Gasteiger partial charge in [0.2, 0.25) is 0 Å². The molecule has 0 aromatic rings. The summed E-state index contributed by atoms with van der Waals surface area (Å²) in [5, 5.41) is 0. The lowest BCUT2D eigenvalue weighted by molar-refractivity contribution is 1.14. The maximum absolute atomic E-state index is 4.85. The molecule has 0 aliphatic rings. The van der Waals surface area contributed by atoms with E-state index in [9.17, 15) is 0 Å². The highest BCUT2D eigenvalue weighted by Gasteiger charge is 1.47. The first-order chi connectivity index (χ1) is 4.33. The van der Waals surface area contributed by atoms with Crippen LogP contribution in [0.4, 0.5) is 0 Å². The quantitative estimate of drug-likeness (QED) is 0.560. The van der Waals surface area contributed by atoms with Crippen molar-refractivity contribution in [1.82, 2.24) is 0 Å². The van der Waals surface area contributed by atoms with Gasteiger partial charge in [-0.25, -0.2) is 0 Å². The Labute approximate surface area is 57.6 Å². The molecule has 0 aromatic carbocycles. The smallest absolute Gasteiger partial charge is 0.0106 e. The van der Waals surface area contributed by atoms with Crippen LogP contribution in [0.5, 0.6) is 0 Å². The van der Waals surface area contributed by atoms with Crippen molar-refractivity contribution in [2.24, 2.45) is 5.73 Å². The Hall–Kier alpha value is -0.820. The molecule has 0 aromatic heterocycles. The van der Waals surface area contributed by atoms with Crippen LogP contribution in [0.3, 0.4) is 0 Å². The van der Waals surface area contributed by atoms with Gasteiger partial charge >= 0.3 is 0 Å². The minimum absolute atomic E-state index is 0.750. The van der Waals surface area contributed by atoms with Crippen LogP contribution in [0.2, 0.25) is 0 Å². The summed E-state index contributed by atoms with van der Waals surface area (Å²) < 4.78 is 0. The van der Waals surface area contributed by atoms with Crippen molar-refractivity contribution in [2.75, 3.05) is 6.54 Å². The van der Waals surface area contributed by atoms with Gasteiger partial charge in [0.25, 0.3) is 0 Å². The summed E-state index contributed by atoms with van der Waals surface area (Å²) in [6.07, 6.45) is 7.07. The van der Waals surface area contributed by atoms with E-state index >= 15 is 0 Å². The highest BCUT2D eigenvalue weighted by Crippen LogP contribution is 1.69. The van der Waals surface area contributed by atoms with Gasteiger partial charge in [0.15, 0.2) is 0 Å².